The normalized spacial score (nSPS) is 11.9. The Morgan fingerprint density at radius 3 is 2.62 bits per heavy atom. The molecule has 0 aliphatic heterocycles. The Kier molecular flexibility index (Phi) is 5.81. The van der Waals surface area contributed by atoms with Crippen molar-refractivity contribution in [1.29, 1.82) is 0 Å². The maximum atomic E-state index is 12.2. The number of thiophene rings is 1. The third kappa shape index (κ3) is 4.90. The molecule has 2 aromatic rings. The molecular weight excluding hydrogens is 280 g/mol. The molecule has 1 unspecified atom stereocenters. The van der Waals surface area contributed by atoms with Gasteiger partial charge < -0.3 is 10.6 Å². The fourth-order valence-electron chi connectivity index (χ4n) is 2.13. The van der Waals surface area contributed by atoms with Crippen LogP contribution in [0, 0.1) is 0 Å². The maximum Gasteiger partial charge on any atom is 0.251 e. The third-order valence-electron chi connectivity index (χ3n) is 3.23. The molecule has 1 amide bonds. The number of rotatable bonds is 7. The average Bonchev–Trinajstić information content (AvgIpc) is 2.98. The van der Waals surface area contributed by atoms with E-state index in [1.54, 1.807) is 11.3 Å². The Balaban J connectivity index is 1.87. The van der Waals surface area contributed by atoms with Crippen molar-refractivity contribution >= 4 is 22.9 Å². The highest BCUT2D eigenvalue weighted by Gasteiger charge is 2.10. The topological polar surface area (TPSA) is 41.1 Å². The molecule has 2 N–H and O–H groups in total. The molecule has 0 saturated carbocycles. The fraction of sp³-hybridized carbons (Fsp3) is 0.353. The number of hydrogen-bond acceptors (Lipinski definition) is 3. The van der Waals surface area contributed by atoms with E-state index in [0.717, 1.165) is 25.1 Å². The summed E-state index contributed by atoms with van der Waals surface area (Å²) in [4.78, 5) is 12.2. The van der Waals surface area contributed by atoms with Crippen molar-refractivity contribution in [2.24, 2.45) is 0 Å². The predicted octanol–water partition coefficient (Wildman–Crippen LogP) is 3.93. The molecule has 0 aliphatic carbocycles. The second kappa shape index (κ2) is 7.84. The van der Waals surface area contributed by atoms with Crippen LogP contribution in [0.5, 0.6) is 0 Å². The summed E-state index contributed by atoms with van der Waals surface area (Å²) in [5.41, 5.74) is 3.03. The molecule has 0 radical (unpaired) electrons. The lowest BCUT2D eigenvalue weighted by Gasteiger charge is -2.13. The Labute approximate surface area is 130 Å². The molecule has 0 fully saturated rings. The van der Waals surface area contributed by atoms with Crippen molar-refractivity contribution in [3.8, 4) is 0 Å². The highest BCUT2D eigenvalue weighted by molar-refractivity contribution is 7.07. The van der Waals surface area contributed by atoms with Crippen molar-refractivity contribution in [3.63, 3.8) is 0 Å². The summed E-state index contributed by atoms with van der Waals surface area (Å²) >= 11 is 1.69. The van der Waals surface area contributed by atoms with Crippen LogP contribution in [0.2, 0.25) is 0 Å². The lowest BCUT2D eigenvalue weighted by Crippen LogP contribution is -2.33. The monoisotopic (exact) mass is 302 g/mol. The number of hydrogen-bond donors (Lipinski definition) is 2. The second-order valence-corrected chi connectivity index (χ2v) is 5.99. The predicted molar refractivity (Wildman–Crippen MR) is 90.2 cm³/mol. The van der Waals surface area contributed by atoms with Crippen LogP contribution in [0.25, 0.3) is 0 Å². The summed E-state index contributed by atoms with van der Waals surface area (Å²) in [6.07, 6.45) is 1.95. The van der Waals surface area contributed by atoms with E-state index in [4.69, 9.17) is 0 Å². The first-order valence-corrected chi connectivity index (χ1v) is 8.29. The summed E-state index contributed by atoms with van der Waals surface area (Å²) in [7, 11) is 0. The zero-order valence-electron chi connectivity index (χ0n) is 12.6. The average molecular weight is 302 g/mol. The molecule has 2 rings (SSSR count). The minimum atomic E-state index is -0.0141. The van der Waals surface area contributed by atoms with Gasteiger partial charge in [-0.05, 0) is 66.4 Å². The molecule has 21 heavy (non-hydrogen) atoms. The van der Waals surface area contributed by atoms with Crippen molar-refractivity contribution in [3.05, 3.63) is 52.2 Å². The number of carbonyl (C=O) groups excluding carboxylic acids is 1. The number of amides is 1. The van der Waals surface area contributed by atoms with Crippen molar-refractivity contribution < 1.29 is 4.79 Å². The molecule has 112 valence electrons. The molecule has 0 bridgehead atoms. The van der Waals surface area contributed by atoms with Crippen LogP contribution in [0.15, 0.2) is 41.1 Å². The summed E-state index contributed by atoms with van der Waals surface area (Å²) < 4.78 is 0. The van der Waals surface area contributed by atoms with Gasteiger partial charge in [-0.1, -0.05) is 6.92 Å². The van der Waals surface area contributed by atoms with E-state index in [2.05, 4.69) is 34.4 Å². The molecule has 1 aromatic carbocycles. The Morgan fingerprint density at radius 2 is 2.00 bits per heavy atom. The summed E-state index contributed by atoms with van der Waals surface area (Å²) in [5, 5.41) is 10.5. The highest BCUT2D eigenvalue weighted by Crippen LogP contribution is 2.11. The van der Waals surface area contributed by atoms with Crippen LogP contribution in [0.3, 0.4) is 0 Å². The summed E-state index contributed by atoms with van der Waals surface area (Å²) in [6, 6.07) is 9.86. The zero-order valence-corrected chi connectivity index (χ0v) is 13.4. The zero-order chi connectivity index (χ0) is 15.1. The van der Waals surface area contributed by atoms with E-state index >= 15 is 0 Å². The molecular formula is C17H22N2OS. The van der Waals surface area contributed by atoms with Gasteiger partial charge in [0.1, 0.15) is 0 Å². The lowest BCUT2D eigenvalue weighted by atomic mass is 10.1. The molecule has 0 spiro atoms. The van der Waals surface area contributed by atoms with Gasteiger partial charge in [-0.2, -0.15) is 11.3 Å². The van der Waals surface area contributed by atoms with Gasteiger partial charge in [-0.25, -0.2) is 0 Å². The molecule has 1 heterocycles. The smallest absolute Gasteiger partial charge is 0.251 e. The van der Waals surface area contributed by atoms with Gasteiger partial charge in [0, 0.05) is 23.8 Å². The maximum absolute atomic E-state index is 12.2. The van der Waals surface area contributed by atoms with E-state index in [1.165, 1.54) is 5.56 Å². The Hall–Kier alpha value is -1.81. The molecule has 4 heteroatoms. The third-order valence-corrected chi connectivity index (χ3v) is 3.96. The van der Waals surface area contributed by atoms with Crippen LogP contribution in [-0.2, 0) is 6.42 Å². The van der Waals surface area contributed by atoms with Gasteiger partial charge in [-0.15, -0.1) is 0 Å². The Bertz CT molecular complexity index is 549. The first-order valence-electron chi connectivity index (χ1n) is 7.35. The van der Waals surface area contributed by atoms with Crippen LogP contribution < -0.4 is 10.6 Å². The van der Waals surface area contributed by atoms with E-state index in [0.29, 0.717) is 5.56 Å². The fourth-order valence-corrected chi connectivity index (χ4v) is 2.81. The molecule has 0 saturated heterocycles. The lowest BCUT2D eigenvalue weighted by molar-refractivity contribution is 0.0940. The van der Waals surface area contributed by atoms with Crippen LogP contribution >= 0.6 is 11.3 Å². The first-order chi connectivity index (χ1) is 10.2. The molecule has 0 aliphatic rings. The highest BCUT2D eigenvalue weighted by atomic mass is 32.1. The molecule has 1 aromatic heterocycles. The number of nitrogens with one attached hydrogen (secondary N) is 2. The first kappa shape index (κ1) is 15.6. The van der Waals surface area contributed by atoms with Crippen molar-refractivity contribution in [1.82, 2.24) is 5.32 Å². The molecule has 1 atom stereocenters. The van der Waals surface area contributed by atoms with E-state index < -0.39 is 0 Å². The van der Waals surface area contributed by atoms with Gasteiger partial charge in [-0.3, -0.25) is 4.79 Å². The minimum absolute atomic E-state index is 0.0141. The van der Waals surface area contributed by atoms with Crippen molar-refractivity contribution in [2.45, 2.75) is 32.7 Å². The van der Waals surface area contributed by atoms with Gasteiger partial charge in [0.15, 0.2) is 0 Å². The Morgan fingerprint density at radius 1 is 1.24 bits per heavy atom. The van der Waals surface area contributed by atoms with E-state index in [9.17, 15) is 4.79 Å². The quantitative estimate of drug-likeness (QED) is 0.813. The van der Waals surface area contributed by atoms with Gasteiger partial charge >= 0.3 is 0 Å². The van der Waals surface area contributed by atoms with Crippen molar-refractivity contribution in [2.75, 3.05) is 11.9 Å². The number of anilines is 1. The minimum Gasteiger partial charge on any atom is -0.385 e. The molecule has 3 nitrogen and oxygen atoms in total. The second-order valence-electron chi connectivity index (χ2n) is 5.21. The largest absolute Gasteiger partial charge is 0.385 e. The number of benzene rings is 1. The van der Waals surface area contributed by atoms with Crippen LogP contribution in [-0.4, -0.2) is 18.5 Å². The standard InChI is InChI=1S/C17H22N2OS/c1-3-9-18-16-6-4-15(5-7-16)17(20)19-13(2)11-14-8-10-21-12-14/h4-8,10,12-13,18H,3,9,11H2,1-2H3,(H,19,20). The summed E-state index contributed by atoms with van der Waals surface area (Å²) in [5.74, 6) is -0.0141. The SMILES string of the molecule is CCCNc1ccc(C(=O)NC(C)Cc2ccsc2)cc1. The van der Waals surface area contributed by atoms with Crippen LogP contribution in [0.4, 0.5) is 5.69 Å². The van der Waals surface area contributed by atoms with E-state index in [-0.39, 0.29) is 11.9 Å². The van der Waals surface area contributed by atoms with Crippen LogP contribution in [0.1, 0.15) is 36.2 Å². The van der Waals surface area contributed by atoms with Gasteiger partial charge in [0.2, 0.25) is 0 Å². The number of carbonyl (C=O) groups is 1. The van der Waals surface area contributed by atoms with Gasteiger partial charge in [0.05, 0.1) is 0 Å². The summed E-state index contributed by atoms with van der Waals surface area (Å²) in [6.45, 7) is 5.11. The van der Waals surface area contributed by atoms with E-state index in [1.807, 2.05) is 31.2 Å². The van der Waals surface area contributed by atoms with Gasteiger partial charge in [0.25, 0.3) is 5.91 Å².